The molecule has 31 heavy (non-hydrogen) atoms. The summed E-state index contributed by atoms with van der Waals surface area (Å²) < 4.78 is 10.2. The number of pyridine rings is 1. The van der Waals surface area contributed by atoms with Crippen molar-refractivity contribution in [2.45, 2.75) is 13.5 Å². The summed E-state index contributed by atoms with van der Waals surface area (Å²) >= 11 is 5.50. The molecule has 0 radical (unpaired) electrons. The highest BCUT2D eigenvalue weighted by atomic mass is 32.1. The lowest BCUT2D eigenvalue weighted by atomic mass is 10.2. The smallest absolute Gasteiger partial charge is 0.338 e. The van der Waals surface area contributed by atoms with Gasteiger partial charge in [0.2, 0.25) is 5.91 Å². The van der Waals surface area contributed by atoms with Gasteiger partial charge in [-0.25, -0.2) is 4.79 Å². The number of ether oxygens (including phenoxy) is 1. The molecule has 1 amide bonds. The van der Waals surface area contributed by atoms with Crippen molar-refractivity contribution in [1.82, 2.24) is 10.3 Å². The van der Waals surface area contributed by atoms with Crippen LogP contribution in [0.15, 0.2) is 77.7 Å². The van der Waals surface area contributed by atoms with Gasteiger partial charge in [-0.05, 0) is 79.3 Å². The molecule has 0 aliphatic carbocycles. The number of thiocarbonyl (C=S) groups is 1. The Morgan fingerprint density at radius 3 is 2.55 bits per heavy atom. The molecule has 0 bridgehead atoms. The molecule has 1 aromatic carbocycles. The largest absolute Gasteiger partial charge is 0.465 e. The van der Waals surface area contributed by atoms with E-state index < -0.39 is 5.97 Å². The van der Waals surface area contributed by atoms with Gasteiger partial charge >= 0.3 is 5.97 Å². The van der Waals surface area contributed by atoms with Crippen LogP contribution < -0.4 is 10.2 Å². The molecule has 0 saturated heterocycles. The van der Waals surface area contributed by atoms with E-state index in [9.17, 15) is 9.59 Å². The Bertz CT molecular complexity index is 1050. The molecule has 2 heterocycles. The van der Waals surface area contributed by atoms with Gasteiger partial charge in [0.05, 0.1) is 25.0 Å². The topological polar surface area (TPSA) is 84.7 Å². The van der Waals surface area contributed by atoms with Crippen molar-refractivity contribution in [2.75, 3.05) is 11.5 Å². The van der Waals surface area contributed by atoms with Crippen molar-refractivity contribution in [1.29, 1.82) is 0 Å². The fraction of sp³-hybridized carbons (Fsp3) is 0.130. The Kier molecular flexibility index (Phi) is 7.67. The number of benzene rings is 1. The Morgan fingerprint density at radius 2 is 1.90 bits per heavy atom. The summed E-state index contributed by atoms with van der Waals surface area (Å²) in [7, 11) is 0. The van der Waals surface area contributed by atoms with E-state index in [0.29, 0.717) is 30.2 Å². The van der Waals surface area contributed by atoms with E-state index in [1.165, 1.54) is 12.3 Å². The van der Waals surface area contributed by atoms with Gasteiger partial charge in [-0.15, -0.1) is 0 Å². The van der Waals surface area contributed by atoms with E-state index in [4.69, 9.17) is 21.4 Å². The summed E-state index contributed by atoms with van der Waals surface area (Å²) in [5.74, 6) is -0.220. The summed E-state index contributed by atoms with van der Waals surface area (Å²) in [5.41, 5.74) is 2.10. The highest BCUT2D eigenvalue weighted by Crippen LogP contribution is 2.19. The molecule has 7 nitrogen and oxygen atoms in total. The molecule has 2 aromatic heterocycles. The van der Waals surface area contributed by atoms with Crippen molar-refractivity contribution < 1.29 is 18.7 Å². The molecule has 0 fully saturated rings. The maximum atomic E-state index is 12.3. The number of carbonyl (C=O) groups excluding carboxylic acids is 2. The molecular weight excluding hydrogens is 414 g/mol. The number of rotatable bonds is 7. The average Bonchev–Trinajstić information content (AvgIpc) is 3.31. The van der Waals surface area contributed by atoms with Gasteiger partial charge in [0.25, 0.3) is 0 Å². The first kappa shape index (κ1) is 21.9. The number of aromatic nitrogens is 1. The monoisotopic (exact) mass is 435 g/mol. The third-order valence-electron chi connectivity index (χ3n) is 4.20. The van der Waals surface area contributed by atoms with Crippen LogP contribution in [0.25, 0.3) is 6.08 Å². The molecule has 1 N–H and O–H groups in total. The maximum absolute atomic E-state index is 12.3. The van der Waals surface area contributed by atoms with Crippen molar-refractivity contribution >= 4 is 41.0 Å². The van der Waals surface area contributed by atoms with Crippen LogP contribution in [-0.2, 0) is 16.1 Å². The van der Waals surface area contributed by atoms with E-state index >= 15 is 0 Å². The minimum Gasteiger partial charge on any atom is -0.465 e. The molecule has 8 heteroatoms. The summed E-state index contributed by atoms with van der Waals surface area (Å²) in [6.07, 6.45) is 7.80. The molecule has 3 aromatic rings. The second-order valence-electron chi connectivity index (χ2n) is 6.35. The number of hydrogen-bond donors (Lipinski definition) is 1. The van der Waals surface area contributed by atoms with Crippen LogP contribution in [0.2, 0.25) is 0 Å². The summed E-state index contributed by atoms with van der Waals surface area (Å²) in [4.78, 5) is 30.0. The lowest BCUT2D eigenvalue weighted by Gasteiger charge is -2.25. The van der Waals surface area contributed by atoms with Crippen molar-refractivity contribution in [2.24, 2.45) is 0 Å². The average molecular weight is 436 g/mol. The Hall–Kier alpha value is -3.78. The Balaban J connectivity index is 1.78. The lowest BCUT2D eigenvalue weighted by Crippen LogP contribution is -2.41. The van der Waals surface area contributed by atoms with E-state index in [1.807, 2.05) is 12.1 Å². The summed E-state index contributed by atoms with van der Waals surface area (Å²) in [5, 5.41) is 2.92. The van der Waals surface area contributed by atoms with Crippen LogP contribution in [0, 0.1) is 0 Å². The fourth-order valence-electron chi connectivity index (χ4n) is 2.70. The van der Waals surface area contributed by atoms with Gasteiger partial charge < -0.3 is 14.1 Å². The number of hydrogen-bond acceptors (Lipinski definition) is 6. The van der Waals surface area contributed by atoms with Crippen molar-refractivity contribution in [3.63, 3.8) is 0 Å². The molecule has 158 valence electrons. The normalized spacial score (nSPS) is 10.6. The molecule has 0 saturated carbocycles. The number of carbonyl (C=O) groups is 2. The van der Waals surface area contributed by atoms with Gasteiger partial charge in [-0.2, -0.15) is 0 Å². The minimum absolute atomic E-state index is 0.217. The third-order valence-corrected chi connectivity index (χ3v) is 4.52. The van der Waals surface area contributed by atoms with Gasteiger partial charge in [0.15, 0.2) is 5.11 Å². The first-order valence-electron chi connectivity index (χ1n) is 9.57. The zero-order valence-corrected chi connectivity index (χ0v) is 17.7. The summed E-state index contributed by atoms with van der Waals surface area (Å²) in [6.45, 7) is 2.46. The third kappa shape index (κ3) is 6.35. The number of nitrogens with zero attached hydrogens (tertiary/aromatic N) is 2. The summed E-state index contributed by atoms with van der Waals surface area (Å²) in [6, 6.07) is 14.0. The molecular formula is C23H21N3O4S. The standard InChI is InChI=1S/C23H21N3O4S/c1-2-29-22(28)18-5-7-19(8-6-18)26(16-17-11-13-24-14-12-17)23(31)25-21(27)10-9-20-4-3-15-30-20/h3-15H,2,16H2,1H3,(H,25,27,31)/b10-9+. The number of esters is 1. The van der Waals surface area contributed by atoms with E-state index in [0.717, 1.165) is 5.56 Å². The zero-order valence-electron chi connectivity index (χ0n) is 16.9. The van der Waals surface area contributed by atoms with E-state index in [-0.39, 0.29) is 11.0 Å². The molecule has 3 rings (SSSR count). The first-order valence-corrected chi connectivity index (χ1v) is 9.98. The molecule has 0 aliphatic rings. The van der Waals surface area contributed by atoms with Gasteiger partial charge in [0, 0.05) is 24.2 Å². The SMILES string of the molecule is CCOC(=O)c1ccc(N(Cc2ccncc2)C(=S)NC(=O)/C=C/c2ccco2)cc1. The molecule has 0 atom stereocenters. The highest BCUT2D eigenvalue weighted by Gasteiger charge is 2.16. The van der Waals surface area contributed by atoms with Crippen molar-refractivity contribution in [3.05, 3.63) is 90.2 Å². The van der Waals surface area contributed by atoms with Crippen LogP contribution in [-0.4, -0.2) is 28.6 Å². The van der Waals surface area contributed by atoms with Gasteiger partial charge in [-0.1, -0.05) is 0 Å². The van der Waals surface area contributed by atoms with Crippen LogP contribution in [0.3, 0.4) is 0 Å². The quantitative estimate of drug-likeness (QED) is 0.341. The molecule has 0 spiro atoms. The van der Waals surface area contributed by atoms with Gasteiger partial charge in [-0.3, -0.25) is 15.1 Å². The fourth-order valence-corrected chi connectivity index (χ4v) is 2.97. The van der Waals surface area contributed by atoms with Crippen LogP contribution in [0.1, 0.15) is 28.6 Å². The second kappa shape index (κ2) is 10.8. The predicted octanol–water partition coefficient (Wildman–Crippen LogP) is 3.97. The molecule has 0 aliphatic heterocycles. The Labute approximate surface area is 185 Å². The molecule has 0 unspecified atom stereocenters. The zero-order chi connectivity index (χ0) is 22.1. The van der Waals surface area contributed by atoms with Crippen LogP contribution in [0.5, 0.6) is 0 Å². The van der Waals surface area contributed by atoms with Gasteiger partial charge in [0.1, 0.15) is 5.76 Å². The van der Waals surface area contributed by atoms with Crippen LogP contribution >= 0.6 is 12.2 Å². The van der Waals surface area contributed by atoms with E-state index in [1.54, 1.807) is 66.7 Å². The predicted molar refractivity (Wildman–Crippen MR) is 121 cm³/mol. The first-order chi connectivity index (χ1) is 15.1. The number of furan rings is 1. The number of nitrogens with one attached hydrogen (secondary N) is 1. The maximum Gasteiger partial charge on any atom is 0.338 e. The van der Waals surface area contributed by atoms with E-state index in [2.05, 4.69) is 10.3 Å². The highest BCUT2D eigenvalue weighted by molar-refractivity contribution is 7.80. The number of anilines is 1. The second-order valence-corrected chi connectivity index (χ2v) is 6.74. The Morgan fingerprint density at radius 1 is 1.16 bits per heavy atom. The van der Waals surface area contributed by atoms with Crippen LogP contribution in [0.4, 0.5) is 5.69 Å². The number of amides is 1. The minimum atomic E-state index is -0.395. The van der Waals surface area contributed by atoms with Crippen molar-refractivity contribution in [3.8, 4) is 0 Å². The lowest BCUT2D eigenvalue weighted by molar-refractivity contribution is -0.115.